The molecule has 0 fully saturated rings. The van der Waals surface area contributed by atoms with Crippen LogP contribution in [0.3, 0.4) is 0 Å². The Labute approximate surface area is 241 Å². The van der Waals surface area contributed by atoms with Crippen LogP contribution in [0.4, 0.5) is 30.7 Å². The van der Waals surface area contributed by atoms with Gasteiger partial charge in [-0.2, -0.15) is 13.2 Å². The average Bonchev–Trinajstić information content (AvgIpc) is 2.93. The van der Waals surface area contributed by atoms with E-state index in [1.54, 1.807) is 30.3 Å². The lowest BCUT2D eigenvalue weighted by molar-refractivity contribution is -0.153. The SMILES string of the molecule is CCCCCCc1cc(F)c(CCc2ccc3c(F)c(CCc4ccc(OCC(F)(F)F)c(F)c4)ccc3c2)c(F)c1. The highest BCUT2D eigenvalue weighted by Gasteiger charge is 2.29. The number of hydrogen-bond acceptors (Lipinski definition) is 1. The molecule has 0 heterocycles. The van der Waals surface area contributed by atoms with E-state index in [9.17, 15) is 26.3 Å². The first-order chi connectivity index (χ1) is 20.0. The van der Waals surface area contributed by atoms with Gasteiger partial charge >= 0.3 is 6.18 Å². The quantitative estimate of drug-likeness (QED) is 0.111. The summed E-state index contributed by atoms with van der Waals surface area (Å²) in [5.74, 6) is -2.91. The molecule has 0 unspecified atom stereocenters. The topological polar surface area (TPSA) is 9.23 Å². The summed E-state index contributed by atoms with van der Waals surface area (Å²) in [5.41, 5.74) is 2.43. The van der Waals surface area contributed by atoms with Crippen molar-refractivity contribution in [2.45, 2.75) is 70.9 Å². The number of aryl methyl sites for hydroxylation is 4. The molecule has 4 aromatic carbocycles. The van der Waals surface area contributed by atoms with E-state index < -0.39 is 41.8 Å². The Balaban J connectivity index is 1.38. The van der Waals surface area contributed by atoms with Gasteiger partial charge in [-0.25, -0.2) is 17.6 Å². The molecule has 4 rings (SSSR count). The summed E-state index contributed by atoms with van der Waals surface area (Å²) < 4.78 is 100. The van der Waals surface area contributed by atoms with Crippen LogP contribution < -0.4 is 4.74 Å². The normalized spacial score (nSPS) is 11.8. The van der Waals surface area contributed by atoms with Gasteiger partial charge in [-0.05, 0) is 90.4 Å². The van der Waals surface area contributed by atoms with Gasteiger partial charge in [-0.15, -0.1) is 0 Å². The number of hydrogen-bond donors (Lipinski definition) is 0. The van der Waals surface area contributed by atoms with Gasteiger partial charge in [-0.1, -0.05) is 62.6 Å². The highest BCUT2D eigenvalue weighted by molar-refractivity contribution is 5.84. The van der Waals surface area contributed by atoms with Gasteiger partial charge in [-0.3, -0.25) is 0 Å². The first-order valence-corrected chi connectivity index (χ1v) is 14.2. The minimum Gasteiger partial charge on any atom is -0.481 e. The van der Waals surface area contributed by atoms with Crippen molar-refractivity contribution in [1.82, 2.24) is 0 Å². The minimum atomic E-state index is -4.57. The molecule has 0 radical (unpaired) electrons. The molecular weight excluding hydrogens is 557 g/mol. The molecule has 0 aliphatic heterocycles. The summed E-state index contributed by atoms with van der Waals surface area (Å²) in [4.78, 5) is 0. The van der Waals surface area contributed by atoms with Gasteiger partial charge in [0.25, 0.3) is 0 Å². The maximum Gasteiger partial charge on any atom is 0.422 e. The Hall–Kier alpha value is -3.55. The maximum atomic E-state index is 15.3. The predicted octanol–water partition coefficient (Wildman–Crippen LogP) is 10.0. The zero-order valence-electron chi connectivity index (χ0n) is 23.4. The number of fused-ring (bicyclic) bond motifs is 1. The Bertz CT molecular complexity index is 1490. The van der Waals surface area contributed by atoms with E-state index in [1.807, 2.05) is 0 Å². The lowest BCUT2D eigenvalue weighted by atomic mass is 9.96. The molecule has 1 nitrogen and oxygen atoms in total. The van der Waals surface area contributed by atoms with Crippen molar-refractivity contribution >= 4 is 10.8 Å². The number of ether oxygens (including phenoxy) is 1. The van der Waals surface area contributed by atoms with Crippen LogP contribution in [0, 0.1) is 23.3 Å². The van der Waals surface area contributed by atoms with E-state index in [1.165, 1.54) is 18.2 Å². The summed E-state index contributed by atoms with van der Waals surface area (Å²) in [5, 5.41) is 1.04. The van der Waals surface area contributed by atoms with E-state index >= 15 is 4.39 Å². The fourth-order valence-corrected chi connectivity index (χ4v) is 5.05. The molecule has 0 amide bonds. The molecule has 0 saturated carbocycles. The van der Waals surface area contributed by atoms with Gasteiger partial charge in [0.05, 0.1) is 0 Å². The van der Waals surface area contributed by atoms with Crippen molar-refractivity contribution in [3.63, 3.8) is 0 Å². The second-order valence-electron chi connectivity index (χ2n) is 10.6. The van der Waals surface area contributed by atoms with Crippen LogP contribution in [0.25, 0.3) is 10.8 Å². The zero-order chi connectivity index (χ0) is 30.3. The van der Waals surface area contributed by atoms with Gasteiger partial charge in [0.2, 0.25) is 0 Å². The largest absolute Gasteiger partial charge is 0.481 e. The second-order valence-corrected chi connectivity index (χ2v) is 10.6. The number of halogens is 7. The van der Waals surface area contributed by atoms with Gasteiger partial charge in [0.1, 0.15) is 17.5 Å². The zero-order valence-corrected chi connectivity index (χ0v) is 23.4. The van der Waals surface area contributed by atoms with Crippen LogP contribution in [0.2, 0.25) is 0 Å². The third kappa shape index (κ3) is 8.49. The third-order valence-corrected chi connectivity index (χ3v) is 7.35. The van der Waals surface area contributed by atoms with Crippen molar-refractivity contribution < 1.29 is 35.5 Å². The molecule has 0 atom stereocenters. The molecule has 0 N–H and O–H groups in total. The predicted molar refractivity (Wildman–Crippen MR) is 151 cm³/mol. The number of unbranched alkanes of at least 4 members (excludes halogenated alkanes) is 3. The highest BCUT2D eigenvalue weighted by Crippen LogP contribution is 2.27. The molecule has 0 aliphatic carbocycles. The molecule has 4 aromatic rings. The Morgan fingerprint density at radius 2 is 1.29 bits per heavy atom. The van der Waals surface area contributed by atoms with Gasteiger partial charge in [0.15, 0.2) is 18.2 Å². The molecular formula is C34H33F7O. The lowest BCUT2D eigenvalue weighted by Gasteiger charge is -2.12. The molecule has 8 heteroatoms. The minimum absolute atomic E-state index is 0.0466. The molecule has 0 aliphatic rings. The second kappa shape index (κ2) is 14.1. The van der Waals surface area contributed by atoms with Crippen molar-refractivity contribution in [2.75, 3.05) is 6.61 Å². The van der Waals surface area contributed by atoms with Gasteiger partial charge < -0.3 is 4.74 Å². The first-order valence-electron chi connectivity index (χ1n) is 14.2. The smallest absolute Gasteiger partial charge is 0.422 e. The third-order valence-electron chi connectivity index (χ3n) is 7.35. The van der Waals surface area contributed by atoms with E-state index in [4.69, 9.17) is 0 Å². The number of benzene rings is 4. The van der Waals surface area contributed by atoms with Crippen LogP contribution in [-0.4, -0.2) is 12.8 Å². The summed E-state index contributed by atoms with van der Waals surface area (Å²) in [6.45, 7) is 0.521. The van der Waals surface area contributed by atoms with Crippen LogP contribution in [-0.2, 0) is 32.1 Å². The van der Waals surface area contributed by atoms with E-state index in [2.05, 4.69) is 11.7 Å². The Kier molecular flexibility index (Phi) is 10.5. The molecule has 0 bridgehead atoms. The Morgan fingerprint density at radius 1 is 0.619 bits per heavy atom. The molecule has 224 valence electrons. The average molecular weight is 591 g/mol. The first kappa shape index (κ1) is 31.4. The molecule has 42 heavy (non-hydrogen) atoms. The van der Waals surface area contributed by atoms with Crippen LogP contribution in [0.5, 0.6) is 5.75 Å². The van der Waals surface area contributed by atoms with Crippen LogP contribution in [0.1, 0.15) is 60.4 Å². The van der Waals surface area contributed by atoms with Gasteiger partial charge in [0, 0.05) is 10.9 Å². The fraction of sp³-hybridized carbons (Fsp3) is 0.353. The maximum absolute atomic E-state index is 15.3. The van der Waals surface area contributed by atoms with Crippen molar-refractivity contribution in [3.8, 4) is 5.75 Å². The summed E-state index contributed by atoms with van der Waals surface area (Å²) in [6.07, 6.45) is 1.29. The van der Waals surface area contributed by atoms with Crippen molar-refractivity contribution in [2.24, 2.45) is 0 Å². The summed E-state index contributed by atoms with van der Waals surface area (Å²) in [6, 6.07) is 15.1. The number of rotatable bonds is 13. The monoisotopic (exact) mass is 590 g/mol. The summed E-state index contributed by atoms with van der Waals surface area (Å²) >= 11 is 0. The standard InChI is InChI=1S/C34H33F7O/c1-2-3-4-5-6-24-19-29(35)28(30(36)20-24)15-9-22-8-14-27-26(17-22)13-12-25(33(27)38)11-7-23-10-16-32(31(37)18-23)42-21-34(39,40)41/h8,10,12-14,16-20H,2-7,9,11,15,21H2,1H3. The molecule has 0 spiro atoms. The van der Waals surface area contributed by atoms with Crippen molar-refractivity contribution in [3.05, 3.63) is 112 Å². The van der Waals surface area contributed by atoms with E-state index in [0.717, 1.165) is 43.4 Å². The molecule has 0 aromatic heterocycles. The highest BCUT2D eigenvalue weighted by atomic mass is 19.4. The Morgan fingerprint density at radius 3 is 1.98 bits per heavy atom. The summed E-state index contributed by atoms with van der Waals surface area (Å²) in [7, 11) is 0. The fourth-order valence-electron chi connectivity index (χ4n) is 5.05. The van der Waals surface area contributed by atoms with E-state index in [0.29, 0.717) is 40.3 Å². The van der Waals surface area contributed by atoms with Crippen molar-refractivity contribution in [1.29, 1.82) is 0 Å². The number of alkyl halides is 3. The lowest BCUT2D eigenvalue weighted by Crippen LogP contribution is -2.19. The van der Waals surface area contributed by atoms with Crippen LogP contribution in [0.15, 0.2) is 60.7 Å². The molecule has 0 saturated heterocycles. The van der Waals surface area contributed by atoms with E-state index in [-0.39, 0.29) is 24.8 Å². The van der Waals surface area contributed by atoms with Crippen LogP contribution >= 0.6 is 0 Å².